The Morgan fingerprint density at radius 2 is 1.46 bits per heavy atom. The summed E-state index contributed by atoms with van der Waals surface area (Å²) in [6, 6.07) is 15.7. The van der Waals surface area contributed by atoms with Gasteiger partial charge in [0.05, 0.1) is 10.0 Å². The second-order valence-electron chi connectivity index (χ2n) is 8.63. The highest BCUT2D eigenvalue weighted by Crippen LogP contribution is 2.60. The molecule has 4 aromatic rings. The van der Waals surface area contributed by atoms with E-state index in [1.807, 2.05) is 30.3 Å². The normalized spacial score (nSPS) is 19.0. The van der Waals surface area contributed by atoms with Gasteiger partial charge in [0, 0.05) is 32.6 Å². The molecule has 1 saturated heterocycles. The van der Waals surface area contributed by atoms with Crippen LogP contribution in [0.2, 0.25) is 20.1 Å². The molecule has 0 N–H and O–H groups in total. The lowest BCUT2D eigenvalue weighted by atomic mass is 10.1. The molecule has 0 amide bonds. The van der Waals surface area contributed by atoms with Crippen molar-refractivity contribution in [3.63, 3.8) is 0 Å². The molecule has 3 atom stereocenters. The quantitative estimate of drug-likeness (QED) is 0.206. The highest BCUT2D eigenvalue weighted by molar-refractivity contribution is 7.58. The lowest BCUT2D eigenvalue weighted by molar-refractivity contribution is -0.179. The van der Waals surface area contributed by atoms with Crippen LogP contribution in [-0.2, 0) is 0 Å². The minimum absolute atomic E-state index is 0.0861. The van der Waals surface area contributed by atoms with E-state index in [4.69, 9.17) is 59.3 Å². The number of rotatable bonds is 5. The maximum Gasteiger partial charge on any atom is 0.416 e. The molecule has 1 fully saturated rings. The smallest absolute Gasteiger partial charge is 0.397 e. The highest BCUT2D eigenvalue weighted by Gasteiger charge is 2.45. The van der Waals surface area contributed by atoms with E-state index < -0.39 is 28.4 Å². The van der Waals surface area contributed by atoms with Gasteiger partial charge in [-0.25, -0.2) is 0 Å². The number of fused-ring (bicyclic) bond motifs is 3. The van der Waals surface area contributed by atoms with Gasteiger partial charge in [-0.05, 0) is 48.8 Å². The van der Waals surface area contributed by atoms with E-state index in [-0.39, 0.29) is 33.0 Å². The molecular formula is C25H19Cl4F3O3P2. The lowest BCUT2D eigenvalue weighted by Gasteiger charge is -2.26. The molecule has 0 bridgehead atoms. The Labute approximate surface area is 233 Å². The Morgan fingerprint density at radius 1 is 0.892 bits per heavy atom. The molecule has 1 aromatic heterocycles. The lowest BCUT2D eigenvalue weighted by Crippen LogP contribution is -2.36. The van der Waals surface area contributed by atoms with Crippen LogP contribution in [-0.4, -0.2) is 24.6 Å². The molecule has 0 saturated carbocycles. The van der Waals surface area contributed by atoms with Crippen LogP contribution in [0.5, 0.6) is 0 Å². The van der Waals surface area contributed by atoms with Gasteiger partial charge in [-0.3, -0.25) is 4.52 Å². The van der Waals surface area contributed by atoms with Crippen LogP contribution in [0.4, 0.5) is 13.2 Å². The van der Waals surface area contributed by atoms with Gasteiger partial charge in [-0.1, -0.05) is 84.7 Å². The average molecular weight is 628 g/mol. The van der Waals surface area contributed by atoms with Crippen molar-refractivity contribution in [2.24, 2.45) is 0 Å². The Kier molecular flexibility index (Phi) is 8.30. The second-order valence-corrected chi connectivity index (χ2v) is 14.0. The number of hydrogen-bond donors (Lipinski definition) is 0. The molecule has 3 nitrogen and oxygen atoms in total. The maximum absolute atomic E-state index is 14.3. The van der Waals surface area contributed by atoms with Crippen molar-refractivity contribution in [1.29, 1.82) is 0 Å². The summed E-state index contributed by atoms with van der Waals surface area (Å²) in [4.78, 5) is 0. The summed E-state index contributed by atoms with van der Waals surface area (Å²) in [7, 11) is -3.56. The molecule has 2 heterocycles. The van der Waals surface area contributed by atoms with Gasteiger partial charge in [0.15, 0.2) is 17.3 Å². The molecule has 3 aromatic carbocycles. The molecule has 1 aliphatic heterocycles. The summed E-state index contributed by atoms with van der Waals surface area (Å²) < 4.78 is 60.2. The fourth-order valence-electron chi connectivity index (χ4n) is 4.53. The van der Waals surface area contributed by atoms with Crippen molar-refractivity contribution in [2.75, 3.05) is 12.3 Å². The van der Waals surface area contributed by atoms with E-state index in [1.54, 1.807) is 12.1 Å². The van der Waals surface area contributed by atoms with Crippen molar-refractivity contribution in [1.82, 2.24) is 0 Å². The van der Waals surface area contributed by atoms with E-state index in [9.17, 15) is 13.2 Å². The summed E-state index contributed by atoms with van der Waals surface area (Å²) in [5.41, 5.74) is 1.32. The molecule has 37 heavy (non-hydrogen) atoms. The van der Waals surface area contributed by atoms with Crippen molar-refractivity contribution in [2.45, 2.75) is 30.8 Å². The summed E-state index contributed by atoms with van der Waals surface area (Å²) >= 11 is 25.2. The Morgan fingerprint density at radius 3 is 2.00 bits per heavy atom. The highest BCUT2D eigenvalue weighted by atomic mass is 35.5. The molecular weight excluding hydrogens is 609 g/mol. The molecule has 196 valence electrons. The van der Waals surface area contributed by atoms with E-state index in [1.165, 1.54) is 12.1 Å². The summed E-state index contributed by atoms with van der Waals surface area (Å²) in [5, 5.41) is 1.56. The molecule has 0 radical (unpaired) electrons. The van der Waals surface area contributed by atoms with Gasteiger partial charge < -0.3 is 8.39 Å². The van der Waals surface area contributed by atoms with E-state index >= 15 is 0 Å². The minimum atomic E-state index is -4.63. The standard InChI is InChI=1S/C25H19Cl4F3O3P2/c26-15-9-17-18-10-16(27)12-20(29)24(18)35-37(34-23(17)19(28)11-15)33-22(25(30,31)32)13-36-8-4-7-21(36)14-5-2-1-3-6-14/h1-3,5-6,9-12,21-22H,4,7-8,13H2. The minimum Gasteiger partial charge on any atom is -0.397 e. The fraction of sp³-hybridized carbons (Fsp3) is 0.280. The van der Waals surface area contributed by atoms with Gasteiger partial charge in [0.25, 0.3) is 0 Å². The monoisotopic (exact) mass is 626 g/mol. The predicted molar refractivity (Wildman–Crippen MR) is 148 cm³/mol. The van der Waals surface area contributed by atoms with Crippen LogP contribution >= 0.6 is 62.6 Å². The number of alkyl halides is 3. The van der Waals surface area contributed by atoms with Crippen LogP contribution in [0.3, 0.4) is 0 Å². The molecule has 12 heteroatoms. The first-order valence-electron chi connectivity index (χ1n) is 11.3. The summed E-state index contributed by atoms with van der Waals surface area (Å²) in [6.07, 6.45) is -4.40. The van der Waals surface area contributed by atoms with Crippen LogP contribution in [0, 0.1) is 0 Å². The average Bonchev–Trinajstić information content (AvgIpc) is 3.23. The largest absolute Gasteiger partial charge is 0.416 e. The Balaban J connectivity index is 1.59. The van der Waals surface area contributed by atoms with Gasteiger partial charge in [0.1, 0.15) is 0 Å². The zero-order valence-electron chi connectivity index (χ0n) is 18.9. The summed E-state index contributed by atoms with van der Waals surface area (Å²) in [5.74, 6) is 0. The van der Waals surface area contributed by atoms with Crippen molar-refractivity contribution in [3.05, 3.63) is 80.3 Å². The first kappa shape index (κ1) is 27.5. The van der Waals surface area contributed by atoms with Crippen LogP contribution in [0.15, 0.2) is 63.0 Å². The van der Waals surface area contributed by atoms with Crippen LogP contribution in [0.25, 0.3) is 21.9 Å². The summed E-state index contributed by atoms with van der Waals surface area (Å²) in [6.45, 7) is 0. The van der Waals surface area contributed by atoms with Crippen LogP contribution in [0.1, 0.15) is 24.1 Å². The van der Waals surface area contributed by atoms with Gasteiger partial charge >= 0.3 is 14.4 Å². The third-order valence-corrected chi connectivity index (χ3v) is 11.4. The molecule has 1 aliphatic rings. The second kappa shape index (κ2) is 11.2. The molecule has 0 spiro atoms. The van der Waals surface area contributed by atoms with Crippen LogP contribution < -0.4 is 4.52 Å². The predicted octanol–water partition coefficient (Wildman–Crippen LogP) is 11.3. The van der Waals surface area contributed by atoms with E-state index in [0.717, 1.165) is 24.6 Å². The molecule has 5 rings (SSSR count). The Hall–Kier alpha value is -1.10. The topological polar surface area (TPSA) is 35.5 Å². The van der Waals surface area contributed by atoms with E-state index in [2.05, 4.69) is 0 Å². The van der Waals surface area contributed by atoms with Gasteiger partial charge in [-0.2, -0.15) is 13.2 Å². The first-order chi connectivity index (χ1) is 17.6. The van der Waals surface area contributed by atoms with Gasteiger partial charge in [0.2, 0.25) is 0 Å². The van der Waals surface area contributed by atoms with Crippen molar-refractivity contribution in [3.8, 4) is 0 Å². The van der Waals surface area contributed by atoms with Gasteiger partial charge in [-0.15, -0.1) is 0 Å². The van der Waals surface area contributed by atoms with Crippen molar-refractivity contribution >= 4 is 84.5 Å². The first-order valence-corrected chi connectivity index (χ1v) is 15.7. The third-order valence-electron chi connectivity index (χ3n) is 6.17. The third kappa shape index (κ3) is 6.07. The molecule has 0 aliphatic carbocycles. The number of hydrogen-bond acceptors (Lipinski definition) is 3. The van der Waals surface area contributed by atoms with Crippen molar-refractivity contribution < 1.29 is 26.1 Å². The zero-order valence-corrected chi connectivity index (χ0v) is 23.8. The fourth-order valence-corrected chi connectivity index (χ4v) is 10.2. The SMILES string of the molecule is FC(F)(F)C(CP1CCCC1c1ccccc1)Op1oc2c(Cl)cc(Cl)cc2c2cc(Cl)cc(Cl)c2o1. The maximum atomic E-state index is 14.3. The Bertz CT molecular complexity index is 1410. The number of benzene rings is 3. The van der Waals surface area contributed by atoms with E-state index in [0.29, 0.717) is 20.8 Å². The number of halogens is 7. The zero-order chi connectivity index (χ0) is 26.3. The molecule has 3 unspecified atom stereocenters.